The van der Waals surface area contributed by atoms with E-state index < -0.39 is 22.1 Å². The topological polar surface area (TPSA) is 67.7 Å². The number of aryl methyl sites for hydroxylation is 1. The summed E-state index contributed by atoms with van der Waals surface area (Å²) in [7, 11) is -3.80. The number of likely N-dealkylation sites (tertiary alicyclic amines) is 1. The van der Waals surface area contributed by atoms with Gasteiger partial charge >= 0.3 is 127 Å². The Morgan fingerprint density at radius 1 is 1.17 bits per heavy atom. The Kier molecular flexibility index (Phi) is 10.4. The number of rotatable bonds is 12. The number of benzene rings is 1. The molecule has 0 amide bonds. The van der Waals surface area contributed by atoms with Crippen LogP contribution in [-0.2, 0) is 16.4 Å². The molecular weight excluding hydrogens is 674 g/mol. The van der Waals surface area contributed by atoms with Gasteiger partial charge in [-0.1, -0.05) is 6.92 Å². The zero-order valence-corrected chi connectivity index (χ0v) is 25.3. The van der Waals surface area contributed by atoms with Crippen LogP contribution in [-0.4, -0.2) is 90.1 Å². The van der Waals surface area contributed by atoms with Crippen LogP contribution in [0.5, 0.6) is 5.75 Å². The third-order valence-electron chi connectivity index (χ3n) is 6.15. The number of piperidine rings is 1. The maximum atomic E-state index is 13.2. The summed E-state index contributed by atoms with van der Waals surface area (Å²) in [5, 5.41) is 0. The number of hydrogen-bond acceptors (Lipinski definition) is 5. The van der Waals surface area contributed by atoms with Gasteiger partial charge in [0, 0.05) is 6.54 Å². The molecule has 1 aromatic carbocycles. The van der Waals surface area contributed by atoms with Crippen LogP contribution in [0, 0.1) is 5.92 Å². The van der Waals surface area contributed by atoms with Crippen LogP contribution in [0.4, 0.5) is 13.2 Å². The van der Waals surface area contributed by atoms with Gasteiger partial charge in [0.15, 0.2) is 0 Å². The van der Waals surface area contributed by atoms with Gasteiger partial charge in [-0.2, -0.15) is 4.31 Å². The minimum Gasteiger partial charge on any atom is -0.406 e. The largest absolute Gasteiger partial charge is 0.573 e. The molecule has 0 aliphatic carbocycles. The van der Waals surface area contributed by atoms with Gasteiger partial charge in [-0.15, -0.1) is 13.2 Å². The van der Waals surface area contributed by atoms with E-state index in [4.69, 9.17) is 0 Å². The zero-order valence-electron chi connectivity index (χ0n) is 20.0. The van der Waals surface area contributed by atoms with Crippen LogP contribution in [0.15, 0.2) is 41.7 Å². The average Bonchev–Trinajstić information content (AvgIpc) is 3.21. The fraction of sp³-hybridized carbons (Fsp3) is 0.609. The van der Waals surface area contributed by atoms with Gasteiger partial charge in [0.2, 0.25) is 10.0 Å². The number of aromatic nitrogens is 2. The maximum Gasteiger partial charge on any atom is 0.573 e. The molecule has 2 aromatic rings. The van der Waals surface area contributed by atoms with E-state index in [1.54, 1.807) is 0 Å². The normalized spacial score (nSPS) is 16.1. The Morgan fingerprint density at radius 3 is 2.43 bits per heavy atom. The summed E-state index contributed by atoms with van der Waals surface area (Å²) in [6, 6.07) is 4.43. The van der Waals surface area contributed by atoms with Crippen molar-refractivity contribution in [3.63, 3.8) is 0 Å². The molecule has 1 aromatic heterocycles. The third kappa shape index (κ3) is 9.01. The second kappa shape index (κ2) is 12.9. The molecule has 0 atom stereocenters. The first-order valence-electron chi connectivity index (χ1n) is 11.9. The predicted octanol–water partition coefficient (Wildman–Crippen LogP) is 3.85. The van der Waals surface area contributed by atoms with Crippen molar-refractivity contribution in [2.75, 3.05) is 32.7 Å². The van der Waals surface area contributed by atoms with Crippen molar-refractivity contribution in [1.82, 2.24) is 16.6 Å². The molecule has 1 fully saturated rings. The molecule has 3 rings (SSSR count). The molecule has 0 saturated carbocycles. The van der Waals surface area contributed by atoms with E-state index in [0.717, 1.165) is 95.6 Å². The Hall–Kier alpha value is -1.19. The fourth-order valence-corrected chi connectivity index (χ4v) is 6.89. The number of hydrogen-bond donors (Lipinski definition) is 0. The molecule has 0 spiro atoms. The molecule has 12 heteroatoms. The SMILES string of the molecule is CCCN(CC1CCN(CCCCc2c[n]([Tl])cn2)CC1)S(=O)(=O)c1ccc(OC(F)(F)F)cc1. The molecule has 2 heterocycles. The van der Waals surface area contributed by atoms with Gasteiger partial charge in [-0.05, 0) is 30.7 Å². The summed E-state index contributed by atoms with van der Waals surface area (Å²) in [6.45, 7) is 5.65. The van der Waals surface area contributed by atoms with Crippen LogP contribution in [0.25, 0.3) is 0 Å². The van der Waals surface area contributed by atoms with Gasteiger partial charge in [0.1, 0.15) is 5.75 Å². The van der Waals surface area contributed by atoms with Crippen molar-refractivity contribution in [3.05, 3.63) is 42.5 Å². The van der Waals surface area contributed by atoms with Crippen molar-refractivity contribution in [1.29, 1.82) is 0 Å². The van der Waals surface area contributed by atoms with Crippen LogP contribution in [0.2, 0.25) is 0 Å². The standard InChI is InChI=1S/C23H32F3N4O3S.Tl/c1-2-12-30(34(31,32)22-8-6-21(7-9-22)33-23(24,25)26)17-19-10-14-29(15-11-19)13-4-3-5-20-16-27-18-28-20;/h6-9,16,18-19H,2-5,10-15,17H2,1H3;/q-1;+1. The number of sulfonamides is 1. The minimum atomic E-state index is -4.82. The summed E-state index contributed by atoms with van der Waals surface area (Å²) >= 11 is 0.754. The molecule has 35 heavy (non-hydrogen) atoms. The van der Waals surface area contributed by atoms with Crippen LogP contribution in [0.3, 0.4) is 0 Å². The van der Waals surface area contributed by atoms with E-state index >= 15 is 0 Å². The van der Waals surface area contributed by atoms with E-state index in [9.17, 15) is 21.6 Å². The Balaban J connectivity index is 1.48. The van der Waals surface area contributed by atoms with Gasteiger partial charge in [0.05, 0.1) is 4.90 Å². The summed E-state index contributed by atoms with van der Waals surface area (Å²) in [4.78, 5) is 6.82. The first-order chi connectivity index (χ1) is 16.6. The molecule has 1 aliphatic heterocycles. The summed E-state index contributed by atoms with van der Waals surface area (Å²) in [5.74, 6) is -0.174. The number of nitrogens with zero attached hydrogens (tertiary/aromatic N) is 4. The number of imidazole rings is 1. The number of halogens is 3. The quantitative estimate of drug-likeness (QED) is 0.248. The average molecular weight is 706 g/mol. The van der Waals surface area contributed by atoms with Crippen LogP contribution < -0.4 is 4.74 Å². The van der Waals surface area contributed by atoms with E-state index in [1.165, 1.54) is 16.4 Å². The van der Waals surface area contributed by atoms with Crippen molar-refractivity contribution in [2.45, 2.75) is 56.7 Å². The minimum absolute atomic E-state index is 0.0198. The molecule has 0 radical (unpaired) electrons. The van der Waals surface area contributed by atoms with E-state index in [-0.39, 0.29) is 10.8 Å². The van der Waals surface area contributed by atoms with Crippen LogP contribution in [0.1, 0.15) is 44.7 Å². The smallest absolute Gasteiger partial charge is 0.406 e. The van der Waals surface area contributed by atoms with E-state index in [0.29, 0.717) is 19.5 Å². The van der Waals surface area contributed by atoms with Crippen molar-refractivity contribution in [2.24, 2.45) is 5.92 Å². The second-order valence-electron chi connectivity index (χ2n) is 8.94. The summed E-state index contributed by atoms with van der Waals surface area (Å²) in [5.41, 5.74) is 1.16. The molecule has 0 bridgehead atoms. The van der Waals surface area contributed by atoms with Gasteiger partial charge in [-0.3, -0.25) is 0 Å². The molecule has 1 aliphatic rings. The van der Waals surface area contributed by atoms with Crippen molar-refractivity contribution < 1.29 is 26.3 Å². The maximum absolute atomic E-state index is 13.2. The van der Waals surface area contributed by atoms with E-state index in [1.807, 2.05) is 13.3 Å². The number of unbranched alkanes of at least 4 members (excludes halogenated alkanes) is 1. The van der Waals surface area contributed by atoms with Gasteiger partial charge in [0.25, 0.3) is 0 Å². The Bertz CT molecular complexity index is 1020. The summed E-state index contributed by atoms with van der Waals surface area (Å²) in [6.07, 6.45) is 4.95. The molecule has 0 N–H and O–H groups in total. The molecule has 192 valence electrons. The second-order valence-corrected chi connectivity index (χ2v) is 13.2. The van der Waals surface area contributed by atoms with E-state index in [2.05, 4.69) is 23.2 Å². The molecule has 0 unspecified atom stereocenters. The fourth-order valence-electron chi connectivity index (χ4n) is 4.35. The predicted molar refractivity (Wildman–Crippen MR) is 128 cm³/mol. The van der Waals surface area contributed by atoms with Crippen molar-refractivity contribution in [3.8, 4) is 5.75 Å². The number of ether oxygens (including phenoxy) is 1. The van der Waals surface area contributed by atoms with Gasteiger partial charge in [-0.25, -0.2) is 8.42 Å². The monoisotopic (exact) mass is 706 g/mol. The Morgan fingerprint density at radius 2 is 1.86 bits per heavy atom. The molecule has 1 saturated heterocycles. The zero-order chi connectivity index (χ0) is 25.5. The van der Waals surface area contributed by atoms with Gasteiger partial charge < -0.3 is 4.74 Å². The molecular formula is C23H32F3N4O3STl. The first kappa shape index (κ1) is 28.4. The first-order valence-corrected chi connectivity index (χ1v) is 15.4. The number of alkyl halides is 3. The molecule has 7 nitrogen and oxygen atoms in total. The Labute approximate surface area is 221 Å². The third-order valence-corrected chi connectivity index (χ3v) is 9.13. The van der Waals surface area contributed by atoms with Crippen LogP contribution >= 0.6 is 0 Å². The van der Waals surface area contributed by atoms with Crippen molar-refractivity contribution >= 4 is 36.1 Å². The summed E-state index contributed by atoms with van der Waals surface area (Å²) < 4.78 is 71.0.